The van der Waals surface area contributed by atoms with E-state index in [4.69, 9.17) is 4.42 Å². The number of nitriles is 1. The molecule has 0 saturated carbocycles. The Hall–Kier alpha value is -6.19. The molecule has 10 rings (SSSR count). The number of fused-ring (bicyclic) bond motifs is 6. The number of allylic oxidation sites excluding steroid dienone is 3. The van der Waals surface area contributed by atoms with E-state index in [0.29, 0.717) is 17.6 Å². The highest BCUT2D eigenvalue weighted by Crippen LogP contribution is 2.39. The highest BCUT2D eigenvalue weighted by molar-refractivity contribution is 6.13. The second-order valence-electron chi connectivity index (χ2n) is 13.4. The fraction of sp³-hybridized carbons (Fsp3) is 0.0889. The number of para-hydroxylation sites is 2. The Balaban J connectivity index is 1.09. The first-order valence-electron chi connectivity index (χ1n) is 17.3. The number of quaternary nitrogens is 1. The van der Waals surface area contributed by atoms with Crippen LogP contribution in [0.1, 0.15) is 23.7 Å². The van der Waals surface area contributed by atoms with Crippen LogP contribution in [0.2, 0.25) is 0 Å². The van der Waals surface area contributed by atoms with Gasteiger partial charge in [-0.2, -0.15) is 5.26 Å². The first-order valence-corrected chi connectivity index (χ1v) is 17.3. The monoisotopic (exact) mass is 645 g/mol. The lowest BCUT2D eigenvalue weighted by atomic mass is 9.91. The molecule has 5 nitrogen and oxygen atoms in total. The molecule has 2 N–H and O–H groups in total. The van der Waals surface area contributed by atoms with Gasteiger partial charge in [0.05, 0.1) is 22.7 Å². The van der Waals surface area contributed by atoms with Gasteiger partial charge in [-0.3, -0.25) is 4.90 Å². The largest absolute Gasteiger partial charge is 0.455 e. The maximum atomic E-state index is 9.86. The third-order valence-electron chi connectivity index (χ3n) is 10.6. The van der Waals surface area contributed by atoms with E-state index in [1.54, 1.807) is 0 Å². The van der Waals surface area contributed by atoms with Crippen molar-refractivity contribution in [3.63, 3.8) is 0 Å². The summed E-state index contributed by atoms with van der Waals surface area (Å²) < 4.78 is 8.74. The molecule has 50 heavy (non-hydrogen) atoms. The number of rotatable bonds is 5. The molecule has 4 unspecified atom stereocenters. The van der Waals surface area contributed by atoms with E-state index in [1.165, 1.54) is 16.2 Å². The molecule has 6 aromatic carbocycles. The lowest BCUT2D eigenvalue weighted by Gasteiger charge is -2.48. The molecule has 238 valence electrons. The Morgan fingerprint density at radius 1 is 0.720 bits per heavy atom. The number of benzene rings is 6. The van der Waals surface area contributed by atoms with Crippen molar-refractivity contribution in [1.82, 2.24) is 9.88 Å². The van der Waals surface area contributed by atoms with Gasteiger partial charge in [0, 0.05) is 56.4 Å². The van der Waals surface area contributed by atoms with Crippen LogP contribution in [0.4, 0.5) is 5.69 Å². The van der Waals surface area contributed by atoms with Gasteiger partial charge in [-0.15, -0.1) is 0 Å². The summed E-state index contributed by atoms with van der Waals surface area (Å²) >= 11 is 0. The molecule has 5 heteroatoms. The van der Waals surface area contributed by atoms with E-state index in [0.717, 1.165) is 67.0 Å². The molecule has 1 saturated heterocycles. The molecular weight excluding hydrogens is 613 g/mol. The van der Waals surface area contributed by atoms with Crippen molar-refractivity contribution in [2.75, 3.05) is 0 Å². The van der Waals surface area contributed by atoms with Crippen molar-refractivity contribution in [3.05, 3.63) is 169 Å². The minimum absolute atomic E-state index is 0.193. The highest BCUT2D eigenvalue weighted by atomic mass is 16.3. The lowest BCUT2D eigenvalue weighted by Crippen LogP contribution is -3.24. The van der Waals surface area contributed by atoms with Gasteiger partial charge < -0.3 is 8.98 Å². The summed E-state index contributed by atoms with van der Waals surface area (Å²) in [6.45, 7) is 0. The summed E-state index contributed by atoms with van der Waals surface area (Å²) in [7, 11) is 0. The molecule has 2 aliphatic rings. The minimum Gasteiger partial charge on any atom is -0.455 e. The molecule has 3 heterocycles. The van der Waals surface area contributed by atoms with Crippen LogP contribution in [0.3, 0.4) is 0 Å². The zero-order chi connectivity index (χ0) is 33.2. The summed E-state index contributed by atoms with van der Waals surface area (Å²) in [5.41, 5.74) is 10.4. The highest BCUT2D eigenvalue weighted by Gasteiger charge is 2.47. The number of nitrogens with zero attached hydrogens (tertiary/aromatic N) is 2. The third-order valence-corrected chi connectivity index (χ3v) is 10.6. The maximum absolute atomic E-state index is 9.86. The van der Waals surface area contributed by atoms with Gasteiger partial charge in [0.25, 0.3) is 0 Å². The summed E-state index contributed by atoms with van der Waals surface area (Å²) in [6, 6.07) is 49.4. The number of hydrogen-bond acceptors (Lipinski definition) is 3. The van der Waals surface area contributed by atoms with E-state index >= 15 is 0 Å². The topological polar surface area (TPSA) is 58.3 Å². The predicted molar refractivity (Wildman–Crippen MR) is 201 cm³/mol. The summed E-state index contributed by atoms with van der Waals surface area (Å²) in [4.78, 5) is 1.44. The second kappa shape index (κ2) is 11.5. The van der Waals surface area contributed by atoms with Gasteiger partial charge in [0.2, 0.25) is 0 Å². The normalized spacial score (nSPS) is 20.1. The van der Waals surface area contributed by atoms with Crippen molar-refractivity contribution < 1.29 is 9.32 Å². The van der Waals surface area contributed by atoms with Gasteiger partial charge in [0.1, 0.15) is 16.9 Å². The van der Waals surface area contributed by atoms with E-state index in [1.807, 2.05) is 24.3 Å². The van der Waals surface area contributed by atoms with Crippen LogP contribution in [0.25, 0.3) is 60.6 Å². The van der Waals surface area contributed by atoms with E-state index in [2.05, 4.69) is 149 Å². The molecule has 1 fully saturated rings. The standard InChI is InChI=1S/C45H32N4O/c46-28-29-18-24-40-38(26-29)39-27-32(35-15-9-16-37-36-14-7-8-17-42(36)50-43(35)37)19-25-41(39)48(40)33-20-22-34(23-21-33)49-44(30-10-3-1-4-11-30)47-45(49)31-12-5-2-6-13-31/h1-12,14-27,31,44-45,47H,13H2/p+1. The van der Waals surface area contributed by atoms with Crippen LogP contribution in [0.5, 0.6) is 0 Å². The molecule has 8 aromatic rings. The van der Waals surface area contributed by atoms with Crippen molar-refractivity contribution in [1.29, 1.82) is 5.26 Å². The SMILES string of the molecule is N#Cc1ccc2c(c1)c1cc(-c3cccc4c3oc3ccccc34)ccc1n2-c1ccc([NH+]2C(c3ccccc3)NC2C2C=CC=CC2)cc1. The Bertz CT molecular complexity index is 2690. The van der Waals surface area contributed by atoms with Gasteiger partial charge >= 0.3 is 0 Å². The maximum Gasteiger partial charge on any atom is 0.178 e. The average molecular weight is 646 g/mol. The average Bonchev–Trinajstić information content (AvgIpc) is 3.71. The Morgan fingerprint density at radius 2 is 1.50 bits per heavy atom. The Morgan fingerprint density at radius 3 is 2.32 bits per heavy atom. The predicted octanol–water partition coefficient (Wildman–Crippen LogP) is 9.50. The summed E-state index contributed by atoms with van der Waals surface area (Å²) in [5, 5.41) is 18.1. The van der Waals surface area contributed by atoms with E-state index in [9.17, 15) is 5.26 Å². The van der Waals surface area contributed by atoms with Crippen molar-refractivity contribution in [2.45, 2.75) is 18.8 Å². The molecule has 0 radical (unpaired) electrons. The second-order valence-corrected chi connectivity index (χ2v) is 13.4. The van der Waals surface area contributed by atoms with Crippen molar-refractivity contribution in [3.8, 4) is 22.9 Å². The molecule has 1 aliphatic heterocycles. The Kier molecular flexibility index (Phi) is 6.60. The fourth-order valence-corrected chi connectivity index (χ4v) is 8.23. The first-order chi connectivity index (χ1) is 24.7. The van der Waals surface area contributed by atoms with Crippen LogP contribution in [0, 0.1) is 17.2 Å². The minimum atomic E-state index is 0.193. The van der Waals surface area contributed by atoms with Gasteiger partial charge in [-0.1, -0.05) is 97.1 Å². The molecule has 1 aliphatic carbocycles. The van der Waals surface area contributed by atoms with Crippen LogP contribution >= 0.6 is 0 Å². The third kappa shape index (κ3) is 4.47. The molecule has 0 spiro atoms. The quantitative estimate of drug-likeness (QED) is 0.196. The van der Waals surface area contributed by atoms with Gasteiger partial charge in [0.15, 0.2) is 12.3 Å². The van der Waals surface area contributed by atoms with Gasteiger partial charge in [-0.25, -0.2) is 5.32 Å². The van der Waals surface area contributed by atoms with Gasteiger partial charge in [-0.05, 0) is 60.5 Å². The molecule has 0 bridgehead atoms. The zero-order valence-electron chi connectivity index (χ0n) is 27.3. The summed E-state index contributed by atoms with van der Waals surface area (Å²) in [6.07, 6.45) is 10.4. The van der Waals surface area contributed by atoms with Crippen LogP contribution in [-0.4, -0.2) is 10.7 Å². The fourth-order valence-electron chi connectivity index (χ4n) is 8.23. The van der Waals surface area contributed by atoms with Crippen LogP contribution in [0.15, 0.2) is 162 Å². The van der Waals surface area contributed by atoms with Crippen molar-refractivity contribution >= 4 is 49.4 Å². The number of nitrogens with one attached hydrogen (secondary N) is 2. The molecule has 0 amide bonds. The number of furan rings is 1. The van der Waals surface area contributed by atoms with Crippen LogP contribution < -0.4 is 10.2 Å². The molecule has 4 atom stereocenters. The van der Waals surface area contributed by atoms with E-state index in [-0.39, 0.29) is 6.17 Å². The zero-order valence-corrected chi connectivity index (χ0v) is 27.3. The number of aromatic nitrogens is 1. The first kappa shape index (κ1) is 28.8. The summed E-state index contributed by atoms with van der Waals surface area (Å²) in [5.74, 6) is 0.431. The molecule has 2 aromatic heterocycles. The Labute approximate surface area is 289 Å². The van der Waals surface area contributed by atoms with E-state index < -0.39 is 0 Å². The lowest BCUT2D eigenvalue weighted by molar-refractivity contribution is -0.958. The van der Waals surface area contributed by atoms with Crippen LogP contribution in [-0.2, 0) is 0 Å². The molecular formula is C45H33N4O+. The van der Waals surface area contributed by atoms with Crippen molar-refractivity contribution in [2.24, 2.45) is 5.92 Å². The number of hydrogen-bond donors (Lipinski definition) is 2. The smallest absolute Gasteiger partial charge is 0.178 e.